The van der Waals surface area contributed by atoms with Gasteiger partial charge < -0.3 is 4.57 Å². The van der Waals surface area contributed by atoms with Crippen LogP contribution in [-0.4, -0.2) is 15.8 Å². The molecule has 1 heterocycles. The number of aldehydes is 1. The first-order chi connectivity index (χ1) is 16.1. The van der Waals surface area contributed by atoms with Crippen molar-refractivity contribution >= 4 is 17.9 Å². The van der Waals surface area contributed by atoms with Crippen LogP contribution >= 0.6 is 11.6 Å². The molecule has 4 nitrogen and oxygen atoms in total. The smallest absolute Gasteiger partial charge is 0.169 e. The van der Waals surface area contributed by atoms with E-state index in [4.69, 9.17) is 11.6 Å². The van der Waals surface area contributed by atoms with Crippen molar-refractivity contribution in [2.45, 2.75) is 32.7 Å². The summed E-state index contributed by atoms with van der Waals surface area (Å²) in [5.74, 6) is 0.829. The monoisotopic (exact) mass is 453 g/mol. The number of nitrogens with zero attached hydrogens (tertiary/aromatic N) is 3. The van der Waals surface area contributed by atoms with Gasteiger partial charge in [-0.15, -0.1) is 0 Å². The van der Waals surface area contributed by atoms with E-state index in [-0.39, 0.29) is 5.15 Å². The van der Waals surface area contributed by atoms with Crippen LogP contribution in [-0.2, 0) is 13.0 Å². The number of benzene rings is 3. The van der Waals surface area contributed by atoms with Crippen molar-refractivity contribution < 1.29 is 4.79 Å². The highest BCUT2D eigenvalue weighted by Gasteiger charge is 2.15. The van der Waals surface area contributed by atoms with Crippen LogP contribution in [0.25, 0.3) is 22.3 Å². The topological polar surface area (TPSA) is 58.7 Å². The molecular formula is C28H24ClN3O. The molecule has 4 rings (SSSR count). The minimum absolute atomic E-state index is 0.254. The maximum atomic E-state index is 11.6. The van der Waals surface area contributed by atoms with Gasteiger partial charge in [-0.05, 0) is 40.8 Å². The van der Waals surface area contributed by atoms with E-state index in [1.165, 1.54) is 0 Å². The van der Waals surface area contributed by atoms with Gasteiger partial charge in [0.05, 0.1) is 11.6 Å². The lowest BCUT2D eigenvalue weighted by Gasteiger charge is -2.12. The van der Waals surface area contributed by atoms with Gasteiger partial charge in [-0.1, -0.05) is 85.6 Å². The summed E-state index contributed by atoms with van der Waals surface area (Å²) in [6.07, 6.45) is 3.57. The minimum atomic E-state index is 0.254. The number of carbonyl (C=O) groups is 1. The molecule has 4 aromatic rings. The number of aromatic nitrogens is 2. The standard InChI is InChI=1S/C28H24ClN3O/c1-2-3-9-27-31-28(29)26(19-33)32(27)18-20-10-12-22(13-11-20)25-16-23(14-15-24(25)17-30)21-7-5-4-6-8-21/h4-8,10-16,19H,2-3,9,18H2,1H3. The number of nitriles is 1. The minimum Gasteiger partial charge on any atom is -0.320 e. The maximum Gasteiger partial charge on any atom is 0.169 e. The number of aryl methyl sites for hydroxylation is 1. The Bertz CT molecular complexity index is 1300. The molecule has 0 N–H and O–H groups in total. The van der Waals surface area contributed by atoms with Crippen molar-refractivity contribution in [3.63, 3.8) is 0 Å². The van der Waals surface area contributed by atoms with E-state index in [9.17, 15) is 10.1 Å². The number of hydrogen-bond acceptors (Lipinski definition) is 3. The highest BCUT2D eigenvalue weighted by atomic mass is 35.5. The van der Waals surface area contributed by atoms with E-state index in [1.807, 2.05) is 59.2 Å². The van der Waals surface area contributed by atoms with Crippen LogP contribution in [0.2, 0.25) is 5.15 Å². The van der Waals surface area contributed by atoms with Crippen LogP contribution in [0.4, 0.5) is 0 Å². The third-order valence-corrected chi connectivity index (χ3v) is 6.04. The number of carbonyl (C=O) groups excluding carboxylic acids is 1. The maximum absolute atomic E-state index is 11.6. The van der Waals surface area contributed by atoms with Gasteiger partial charge in [0.1, 0.15) is 11.5 Å². The lowest BCUT2D eigenvalue weighted by molar-refractivity contribution is 0.111. The molecule has 0 radical (unpaired) electrons. The molecule has 0 saturated heterocycles. The lowest BCUT2D eigenvalue weighted by atomic mass is 9.94. The Morgan fingerprint density at radius 1 is 1.00 bits per heavy atom. The van der Waals surface area contributed by atoms with Gasteiger partial charge in [-0.25, -0.2) is 4.98 Å². The molecule has 0 unspecified atom stereocenters. The van der Waals surface area contributed by atoms with Gasteiger partial charge in [0.15, 0.2) is 11.4 Å². The molecular weight excluding hydrogens is 430 g/mol. The summed E-state index contributed by atoms with van der Waals surface area (Å²) in [5, 5.41) is 9.90. The third kappa shape index (κ3) is 4.89. The van der Waals surface area contributed by atoms with Gasteiger partial charge >= 0.3 is 0 Å². The second-order valence-electron chi connectivity index (χ2n) is 7.95. The zero-order valence-electron chi connectivity index (χ0n) is 18.5. The Labute approximate surface area is 199 Å². The van der Waals surface area contributed by atoms with Crippen molar-refractivity contribution in [2.75, 3.05) is 0 Å². The molecule has 0 spiro atoms. The van der Waals surface area contributed by atoms with E-state index in [0.717, 1.165) is 59.2 Å². The molecule has 164 valence electrons. The van der Waals surface area contributed by atoms with Crippen LogP contribution in [0, 0.1) is 11.3 Å². The molecule has 0 aliphatic carbocycles. The van der Waals surface area contributed by atoms with Crippen molar-refractivity contribution in [3.05, 3.63) is 101 Å². The Morgan fingerprint density at radius 3 is 2.39 bits per heavy atom. The fourth-order valence-electron chi connectivity index (χ4n) is 3.96. The fraction of sp³-hybridized carbons (Fsp3) is 0.179. The largest absolute Gasteiger partial charge is 0.320 e. The Hall–Kier alpha value is -3.68. The molecule has 0 amide bonds. The molecule has 3 aromatic carbocycles. The molecule has 0 aliphatic heterocycles. The molecule has 0 aliphatic rings. The summed E-state index contributed by atoms with van der Waals surface area (Å²) in [5.41, 5.74) is 6.12. The number of halogens is 1. The highest BCUT2D eigenvalue weighted by molar-refractivity contribution is 6.31. The van der Waals surface area contributed by atoms with Crippen molar-refractivity contribution in [3.8, 4) is 28.3 Å². The van der Waals surface area contributed by atoms with Gasteiger partial charge in [-0.2, -0.15) is 5.26 Å². The predicted octanol–water partition coefficient (Wildman–Crippen LogP) is 6.95. The zero-order chi connectivity index (χ0) is 23.2. The van der Waals surface area contributed by atoms with Gasteiger partial charge in [0.2, 0.25) is 0 Å². The fourth-order valence-corrected chi connectivity index (χ4v) is 4.20. The Kier molecular flexibility index (Phi) is 7.02. The molecule has 0 fully saturated rings. The van der Waals surface area contributed by atoms with Crippen LogP contribution in [0.15, 0.2) is 72.8 Å². The van der Waals surface area contributed by atoms with Crippen molar-refractivity contribution in [1.29, 1.82) is 5.26 Å². The number of rotatable bonds is 8. The van der Waals surface area contributed by atoms with E-state index < -0.39 is 0 Å². The Morgan fingerprint density at radius 2 is 1.73 bits per heavy atom. The lowest BCUT2D eigenvalue weighted by Crippen LogP contribution is -2.08. The summed E-state index contributed by atoms with van der Waals surface area (Å²) in [6, 6.07) is 26.4. The summed E-state index contributed by atoms with van der Waals surface area (Å²) in [7, 11) is 0. The highest BCUT2D eigenvalue weighted by Crippen LogP contribution is 2.30. The number of imidazole rings is 1. The normalized spacial score (nSPS) is 10.7. The van der Waals surface area contributed by atoms with Crippen molar-refractivity contribution in [1.82, 2.24) is 9.55 Å². The van der Waals surface area contributed by atoms with E-state index in [0.29, 0.717) is 17.8 Å². The van der Waals surface area contributed by atoms with Crippen LogP contribution in [0.1, 0.15) is 47.2 Å². The molecule has 33 heavy (non-hydrogen) atoms. The summed E-state index contributed by atoms with van der Waals surface area (Å²) < 4.78 is 1.90. The number of unbranched alkanes of at least 4 members (excludes halogenated alkanes) is 1. The zero-order valence-corrected chi connectivity index (χ0v) is 19.2. The first-order valence-electron chi connectivity index (χ1n) is 11.0. The average molecular weight is 454 g/mol. The van der Waals surface area contributed by atoms with Crippen molar-refractivity contribution in [2.24, 2.45) is 0 Å². The average Bonchev–Trinajstić information content (AvgIpc) is 3.16. The molecule has 0 atom stereocenters. The summed E-state index contributed by atoms with van der Waals surface area (Å²) in [6.45, 7) is 2.64. The van der Waals surface area contributed by atoms with E-state index in [2.05, 4.69) is 36.2 Å². The van der Waals surface area contributed by atoms with Gasteiger partial charge in [-0.3, -0.25) is 4.79 Å². The SMILES string of the molecule is CCCCc1nc(Cl)c(C=O)n1Cc1ccc(-c2cc(-c3ccccc3)ccc2C#N)cc1. The summed E-state index contributed by atoms with van der Waals surface area (Å²) in [4.78, 5) is 16.0. The first-order valence-corrected chi connectivity index (χ1v) is 11.4. The van der Waals surface area contributed by atoms with Crippen LogP contribution < -0.4 is 0 Å². The third-order valence-electron chi connectivity index (χ3n) is 5.76. The quantitative estimate of drug-likeness (QED) is 0.271. The number of hydrogen-bond donors (Lipinski definition) is 0. The van der Waals surface area contributed by atoms with E-state index in [1.54, 1.807) is 0 Å². The first kappa shape index (κ1) is 22.5. The predicted molar refractivity (Wildman–Crippen MR) is 132 cm³/mol. The summed E-state index contributed by atoms with van der Waals surface area (Å²) >= 11 is 6.21. The van der Waals surface area contributed by atoms with Crippen LogP contribution in [0.3, 0.4) is 0 Å². The Balaban J connectivity index is 1.65. The molecule has 0 bridgehead atoms. The van der Waals surface area contributed by atoms with Crippen LogP contribution in [0.5, 0.6) is 0 Å². The van der Waals surface area contributed by atoms with Gasteiger partial charge in [0.25, 0.3) is 0 Å². The molecule has 0 saturated carbocycles. The van der Waals surface area contributed by atoms with Gasteiger partial charge in [0, 0.05) is 18.5 Å². The second-order valence-corrected chi connectivity index (χ2v) is 8.30. The molecule has 1 aromatic heterocycles. The molecule has 5 heteroatoms. The second kappa shape index (κ2) is 10.3. The van der Waals surface area contributed by atoms with E-state index >= 15 is 0 Å².